The third kappa shape index (κ3) is 2.76. The molecule has 2 aromatic rings. The summed E-state index contributed by atoms with van der Waals surface area (Å²) in [5.41, 5.74) is 0.842. The van der Waals surface area contributed by atoms with E-state index in [0.29, 0.717) is 5.02 Å². The van der Waals surface area contributed by atoms with Gasteiger partial charge < -0.3 is 9.47 Å². The summed E-state index contributed by atoms with van der Waals surface area (Å²) in [7, 11) is 1.94. The van der Waals surface area contributed by atoms with Crippen LogP contribution < -0.4 is 4.90 Å². The molecular formula is C14H16ClN5O2. The summed E-state index contributed by atoms with van der Waals surface area (Å²) in [6.07, 6.45) is 3.77. The molecule has 0 N–H and O–H groups in total. The van der Waals surface area contributed by atoms with E-state index in [1.54, 1.807) is 12.4 Å². The first-order valence-corrected chi connectivity index (χ1v) is 7.47. The summed E-state index contributed by atoms with van der Waals surface area (Å²) < 4.78 is 1.94. The maximum absolute atomic E-state index is 10.8. The van der Waals surface area contributed by atoms with Crippen LogP contribution in [0.2, 0.25) is 5.02 Å². The lowest BCUT2D eigenvalue weighted by molar-refractivity contribution is -0.384. The van der Waals surface area contributed by atoms with Crippen LogP contribution in [0.25, 0.3) is 0 Å². The third-order valence-electron chi connectivity index (χ3n) is 4.02. The fraction of sp³-hybridized carbons (Fsp3) is 0.429. The maximum atomic E-state index is 10.8. The van der Waals surface area contributed by atoms with Gasteiger partial charge in [0.1, 0.15) is 12.2 Å². The quantitative estimate of drug-likeness (QED) is 0.641. The van der Waals surface area contributed by atoms with Gasteiger partial charge in [-0.3, -0.25) is 10.1 Å². The van der Waals surface area contributed by atoms with Crippen molar-refractivity contribution in [3.8, 4) is 0 Å². The number of nitro groups is 1. The van der Waals surface area contributed by atoms with Crippen molar-refractivity contribution in [2.75, 3.05) is 18.0 Å². The van der Waals surface area contributed by atoms with Gasteiger partial charge in [0.15, 0.2) is 0 Å². The highest BCUT2D eigenvalue weighted by Gasteiger charge is 2.26. The van der Waals surface area contributed by atoms with Crippen molar-refractivity contribution < 1.29 is 4.92 Å². The fourth-order valence-corrected chi connectivity index (χ4v) is 3.23. The Labute approximate surface area is 132 Å². The number of nitrogens with zero attached hydrogens (tertiary/aromatic N) is 5. The van der Waals surface area contributed by atoms with Crippen molar-refractivity contribution in [1.29, 1.82) is 0 Å². The molecule has 0 aliphatic carbocycles. The van der Waals surface area contributed by atoms with Gasteiger partial charge >= 0.3 is 0 Å². The van der Waals surface area contributed by atoms with E-state index in [1.807, 2.05) is 11.6 Å². The Morgan fingerprint density at radius 3 is 2.91 bits per heavy atom. The second-order valence-corrected chi connectivity index (χ2v) is 5.89. The van der Waals surface area contributed by atoms with Crippen LogP contribution >= 0.6 is 11.6 Å². The number of non-ortho nitro benzene ring substituents is 1. The number of hydrogen-bond acceptors (Lipinski definition) is 5. The van der Waals surface area contributed by atoms with E-state index in [9.17, 15) is 10.1 Å². The predicted octanol–water partition coefficient (Wildman–Crippen LogP) is 2.76. The first-order valence-electron chi connectivity index (χ1n) is 7.09. The first kappa shape index (κ1) is 14.8. The molecule has 8 heteroatoms. The van der Waals surface area contributed by atoms with Crippen molar-refractivity contribution in [3.05, 3.63) is 45.5 Å². The van der Waals surface area contributed by atoms with E-state index in [1.165, 1.54) is 12.1 Å². The van der Waals surface area contributed by atoms with Gasteiger partial charge in [-0.15, -0.1) is 10.2 Å². The zero-order chi connectivity index (χ0) is 15.7. The third-order valence-corrected chi connectivity index (χ3v) is 4.32. The van der Waals surface area contributed by atoms with Crippen LogP contribution in [0.1, 0.15) is 24.6 Å². The number of hydrogen-bond donors (Lipinski definition) is 0. The summed E-state index contributed by atoms with van der Waals surface area (Å²) in [4.78, 5) is 12.5. The molecule has 0 saturated carbocycles. The topological polar surface area (TPSA) is 77.1 Å². The molecule has 2 heterocycles. The molecule has 7 nitrogen and oxygen atoms in total. The van der Waals surface area contributed by atoms with Crippen molar-refractivity contribution in [2.24, 2.45) is 7.05 Å². The Morgan fingerprint density at radius 2 is 2.27 bits per heavy atom. The molecule has 1 aromatic carbocycles. The van der Waals surface area contributed by atoms with Crippen LogP contribution in [-0.4, -0.2) is 32.8 Å². The van der Waals surface area contributed by atoms with E-state index in [2.05, 4.69) is 15.1 Å². The molecule has 0 amide bonds. The minimum absolute atomic E-state index is 0.00982. The molecule has 0 spiro atoms. The molecule has 1 saturated heterocycles. The molecule has 1 fully saturated rings. The minimum atomic E-state index is -0.436. The summed E-state index contributed by atoms with van der Waals surface area (Å²) >= 11 is 6.23. The Hall–Kier alpha value is -2.15. The molecular weight excluding hydrogens is 306 g/mol. The van der Waals surface area contributed by atoms with E-state index in [4.69, 9.17) is 11.6 Å². The van der Waals surface area contributed by atoms with E-state index in [-0.39, 0.29) is 11.6 Å². The lowest BCUT2D eigenvalue weighted by Crippen LogP contribution is -2.35. The van der Waals surface area contributed by atoms with E-state index < -0.39 is 4.92 Å². The van der Waals surface area contributed by atoms with Crippen LogP contribution in [0, 0.1) is 10.1 Å². The second-order valence-electron chi connectivity index (χ2n) is 5.48. The molecule has 1 atom stereocenters. The molecule has 0 radical (unpaired) electrons. The van der Waals surface area contributed by atoms with Gasteiger partial charge in [-0.2, -0.15) is 0 Å². The standard InChI is InChI=1S/C14H16ClN5O2/c1-18-9-16-17-14(18)10-3-2-6-19(8-10)13-5-4-11(20(21)22)7-12(13)15/h4-5,7,9-10H,2-3,6,8H2,1H3/t10-/m0/s1. The predicted molar refractivity (Wildman–Crippen MR) is 83.3 cm³/mol. The van der Waals surface area contributed by atoms with Crippen LogP contribution in [0.5, 0.6) is 0 Å². The molecule has 22 heavy (non-hydrogen) atoms. The summed E-state index contributed by atoms with van der Waals surface area (Å²) in [5.74, 6) is 1.25. The van der Waals surface area contributed by atoms with Crippen molar-refractivity contribution in [3.63, 3.8) is 0 Å². The number of nitro benzene ring substituents is 1. The molecule has 0 bridgehead atoms. The largest absolute Gasteiger partial charge is 0.370 e. The van der Waals surface area contributed by atoms with Crippen molar-refractivity contribution in [2.45, 2.75) is 18.8 Å². The second kappa shape index (κ2) is 5.92. The lowest BCUT2D eigenvalue weighted by atomic mass is 9.96. The average molecular weight is 322 g/mol. The summed E-state index contributed by atoms with van der Waals surface area (Å²) in [6.45, 7) is 1.66. The van der Waals surface area contributed by atoms with Crippen molar-refractivity contribution >= 4 is 23.0 Å². The van der Waals surface area contributed by atoms with E-state index in [0.717, 1.165) is 37.4 Å². The fourth-order valence-electron chi connectivity index (χ4n) is 2.93. The average Bonchev–Trinajstić information content (AvgIpc) is 2.93. The van der Waals surface area contributed by atoms with Gasteiger partial charge in [0, 0.05) is 38.2 Å². The van der Waals surface area contributed by atoms with Gasteiger partial charge in [-0.05, 0) is 18.9 Å². The zero-order valence-electron chi connectivity index (χ0n) is 12.1. The zero-order valence-corrected chi connectivity index (χ0v) is 12.9. The van der Waals surface area contributed by atoms with Gasteiger partial charge in [0.05, 0.1) is 15.6 Å². The molecule has 0 unspecified atom stereocenters. The molecule has 1 aromatic heterocycles. The van der Waals surface area contributed by atoms with Crippen LogP contribution in [0.3, 0.4) is 0 Å². The first-order chi connectivity index (χ1) is 10.6. The van der Waals surface area contributed by atoms with Gasteiger partial charge in [-0.1, -0.05) is 11.6 Å². The van der Waals surface area contributed by atoms with Gasteiger partial charge in [-0.25, -0.2) is 0 Å². The van der Waals surface area contributed by atoms with Crippen LogP contribution in [0.4, 0.5) is 11.4 Å². The normalized spacial score (nSPS) is 18.5. The number of halogens is 1. The highest BCUT2D eigenvalue weighted by atomic mass is 35.5. The van der Waals surface area contributed by atoms with E-state index >= 15 is 0 Å². The Balaban J connectivity index is 1.83. The minimum Gasteiger partial charge on any atom is -0.370 e. The van der Waals surface area contributed by atoms with Gasteiger partial charge in [0.2, 0.25) is 0 Å². The van der Waals surface area contributed by atoms with Crippen molar-refractivity contribution in [1.82, 2.24) is 14.8 Å². The highest BCUT2D eigenvalue weighted by Crippen LogP contribution is 2.34. The smallest absolute Gasteiger partial charge is 0.271 e. The molecule has 116 valence electrons. The Kier molecular flexibility index (Phi) is 3.98. The number of piperidine rings is 1. The number of anilines is 1. The lowest BCUT2D eigenvalue weighted by Gasteiger charge is -2.34. The molecule has 3 rings (SSSR count). The summed E-state index contributed by atoms with van der Waals surface area (Å²) in [6, 6.07) is 4.62. The Morgan fingerprint density at radius 1 is 1.45 bits per heavy atom. The number of aromatic nitrogens is 3. The molecule has 1 aliphatic heterocycles. The van der Waals surface area contributed by atoms with Crippen LogP contribution in [-0.2, 0) is 7.05 Å². The highest BCUT2D eigenvalue weighted by molar-refractivity contribution is 6.33. The number of benzene rings is 1. The summed E-state index contributed by atoms with van der Waals surface area (Å²) in [5, 5.41) is 19.3. The maximum Gasteiger partial charge on any atom is 0.271 e. The SMILES string of the molecule is Cn1cnnc1[C@H]1CCCN(c2ccc([N+](=O)[O-])cc2Cl)C1. The number of rotatable bonds is 3. The van der Waals surface area contributed by atoms with Crippen LogP contribution in [0.15, 0.2) is 24.5 Å². The molecule has 1 aliphatic rings. The van der Waals surface area contributed by atoms with Gasteiger partial charge in [0.25, 0.3) is 5.69 Å². The Bertz CT molecular complexity index is 702. The number of aryl methyl sites for hydroxylation is 1. The monoisotopic (exact) mass is 321 g/mol.